The third-order valence-electron chi connectivity index (χ3n) is 4.46. The molecule has 0 amide bonds. The highest BCUT2D eigenvalue weighted by Gasteiger charge is 2.13. The van der Waals surface area contributed by atoms with Crippen LogP contribution in [0.15, 0.2) is 77.2 Å². The molecule has 0 saturated carbocycles. The van der Waals surface area contributed by atoms with E-state index in [0.29, 0.717) is 10.8 Å². The van der Waals surface area contributed by atoms with Gasteiger partial charge in [-0.1, -0.05) is 41.9 Å². The van der Waals surface area contributed by atoms with E-state index >= 15 is 0 Å². The summed E-state index contributed by atoms with van der Waals surface area (Å²) in [5.41, 5.74) is 2.54. The van der Waals surface area contributed by atoms with Crippen molar-refractivity contribution in [2.24, 2.45) is 0 Å². The smallest absolute Gasteiger partial charge is 0.246 e. The number of benzene rings is 3. The van der Waals surface area contributed by atoms with Crippen LogP contribution in [-0.2, 0) is 0 Å². The van der Waals surface area contributed by atoms with Crippen LogP contribution in [0.2, 0.25) is 5.02 Å². The van der Waals surface area contributed by atoms with E-state index in [1.165, 1.54) is 0 Å². The monoisotopic (exact) mass is 392 g/mol. The lowest BCUT2D eigenvalue weighted by molar-refractivity contribution is -0.401. The Balaban J connectivity index is 1.99. The molecule has 0 aliphatic carbocycles. The molecule has 28 heavy (non-hydrogen) atoms. The van der Waals surface area contributed by atoms with Gasteiger partial charge in [-0.3, -0.25) is 0 Å². The fourth-order valence-electron chi connectivity index (χ4n) is 3.05. The summed E-state index contributed by atoms with van der Waals surface area (Å²) in [5, 5.41) is 2.39. The lowest BCUT2D eigenvalue weighted by Crippen LogP contribution is -2.70. The average molecular weight is 393 g/mol. The molecular formula is C23H19ClNO3+. The van der Waals surface area contributed by atoms with Crippen molar-refractivity contribution < 1.29 is 18.9 Å². The molecule has 4 aromatic rings. The number of ether oxygens (including phenoxy) is 2. The van der Waals surface area contributed by atoms with Gasteiger partial charge in [0.05, 0.1) is 25.7 Å². The number of rotatable bonds is 4. The molecule has 0 aliphatic heterocycles. The standard InChI is InChI=1S/C23H18ClNO3/c1-26-17-9-10-19(23(13-17)27-2)25-20-14-22(15-6-4-3-5-7-15)28-21-11-8-16(24)12-18(20)21/h3-14H,1-2H3/p+1. The molecule has 3 aromatic carbocycles. The van der Waals surface area contributed by atoms with Crippen LogP contribution in [0.25, 0.3) is 22.3 Å². The Bertz CT molecular complexity index is 1200. The zero-order chi connectivity index (χ0) is 19.5. The van der Waals surface area contributed by atoms with E-state index in [9.17, 15) is 0 Å². The number of hydrogen-bond acceptors (Lipinski definition) is 3. The van der Waals surface area contributed by atoms with Gasteiger partial charge in [-0.25, -0.2) is 4.99 Å². The maximum absolute atomic E-state index is 6.24. The Morgan fingerprint density at radius 2 is 1.68 bits per heavy atom. The Morgan fingerprint density at radius 3 is 2.43 bits per heavy atom. The Morgan fingerprint density at radius 1 is 0.857 bits per heavy atom. The van der Waals surface area contributed by atoms with Crippen molar-refractivity contribution >= 4 is 28.3 Å². The molecule has 0 radical (unpaired) electrons. The van der Waals surface area contributed by atoms with E-state index < -0.39 is 0 Å². The Kier molecular flexibility index (Phi) is 5.04. The van der Waals surface area contributed by atoms with Crippen LogP contribution in [0.3, 0.4) is 0 Å². The molecular weight excluding hydrogens is 374 g/mol. The van der Waals surface area contributed by atoms with Crippen LogP contribution in [0, 0.1) is 0 Å². The molecule has 4 rings (SSSR count). The SMILES string of the molecule is COc1ccc([NH+]=c2cc(-c3ccccc3)oc3ccc(Cl)cc23)c(OC)c1. The predicted molar refractivity (Wildman–Crippen MR) is 110 cm³/mol. The highest BCUT2D eigenvalue weighted by atomic mass is 35.5. The number of halogens is 1. The molecule has 0 fully saturated rings. The van der Waals surface area contributed by atoms with Gasteiger partial charge in [0.1, 0.15) is 17.1 Å². The summed E-state index contributed by atoms with van der Waals surface area (Å²) in [6, 6.07) is 23.1. The molecule has 5 heteroatoms. The van der Waals surface area contributed by atoms with Gasteiger partial charge in [0.2, 0.25) is 11.0 Å². The topological polar surface area (TPSA) is 45.6 Å². The molecule has 0 saturated heterocycles. The fraction of sp³-hybridized carbons (Fsp3) is 0.0870. The van der Waals surface area contributed by atoms with Crippen molar-refractivity contribution in [3.63, 3.8) is 0 Å². The minimum absolute atomic E-state index is 0.639. The predicted octanol–water partition coefficient (Wildman–Crippen LogP) is 4.08. The minimum Gasteiger partial charge on any atom is -0.497 e. The first-order valence-corrected chi connectivity index (χ1v) is 9.16. The van der Waals surface area contributed by atoms with Gasteiger partial charge in [0.25, 0.3) is 0 Å². The van der Waals surface area contributed by atoms with Crippen LogP contribution in [0.4, 0.5) is 5.69 Å². The van der Waals surface area contributed by atoms with E-state index in [0.717, 1.165) is 39.1 Å². The summed E-state index contributed by atoms with van der Waals surface area (Å²) in [6.45, 7) is 0. The molecule has 4 nitrogen and oxygen atoms in total. The highest BCUT2D eigenvalue weighted by molar-refractivity contribution is 6.31. The molecule has 0 unspecified atom stereocenters. The summed E-state index contributed by atoms with van der Waals surface area (Å²) in [5.74, 6) is 2.16. The number of fused-ring (bicyclic) bond motifs is 1. The first-order valence-electron chi connectivity index (χ1n) is 8.79. The van der Waals surface area contributed by atoms with Gasteiger partial charge in [0.15, 0.2) is 5.75 Å². The van der Waals surface area contributed by atoms with Gasteiger partial charge < -0.3 is 13.9 Å². The van der Waals surface area contributed by atoms with Crippen molar-refractivity contribution in [3.8, 4) is 22.8 Å². The van der Waals surface area contributed by atoms with Crippen LogP contribution < -0.4 is 19.8 Å². The molecule has 140 valence electrons. The average Bonchev–Trinajstić information content (AvgIpc) is 2.74. The van der Waals surface area contributed by atoms with Crippen molar-refractivity contribution in [2.45, 2.75) is 0 Å². The molecule has 0 spiro atoms. The summed E-state index contributed by atoms with van der Waals surface area (Å²) in [6.07, 6.45) is 0. The molecule has 0 bridgehead atoms. The van der Waals surface area contributed by atoms with Gasteiger partial charge in [0, 0.05) is 22.7 Å². The highest BCUT2D eigenvalue weighted by Crippen LogP contribution is 2.26. The quantitative estimate of drug-likeness (QED) is 0.569. The van der Waals surface area contributed by atoms with Gasteiger partial charge >= 0.3 is 0 Å². The zero-order valence-electron chi connectivity index (χ0n) is 15.5. The minimum atomic E-state index is 0.639. The molecule has 0 aliphatic rings. The fourth-order valence-corrected chi connectivity index (χ4v) is 3.23. The molecule has 1 N–H and O–H groups in total. The lowest BCUT2D eigenvalue weighted by atomic mass is 10.1. The summed E-state index contributed by atoms with van der Waals surface area (Å²) >= 11 is 6.24. The maximum Gasteiger partial charge on any atom is 0.246 e. The second-order valence-electron chi connectivity index (χ2n) is 6.22. The number of hydrogen-bond donors (Lipinski definition) is 1. The maximum atomic E-state index is 6.24. The number of nitrogens with one attached hydrogen (secondary N) is 1. The largest absolute Gasteiger partial charge is 0.497 e. The summed E-state index contributed by atoms with van der Waals surface area (Å²) in [7, 11) is 3.26. The normalized spacial score (nSPS) is 11.6. The van der Waals surface area contributed by atoms with Crippen molar-refractivity contribution in [1.82, 2.24) is 0 Å². The molecule has 1 heterocycles. The third-order valence-corrected chi connectivity index (χ3v) is 4.70. The molecule has 0 atom stereocenters. The van der Waals surface area contributed by atoms with Crippen molar-refractivity contribution in [3.05, 3.63) is 83.2 Å². The Hall–Kier alpha value is -3.24. The third kappa shape index (κ3) is 3.59. The van der Waals surface area contributed by atoms with Gasteiger partial charge in [-0.2, -0.15) is 0 Å². The van der Waals surface area contributed by atoms with E-state index in [4.69, 9.17) is 25.5 Å². The second-order valence-corrected chi connectivity index (χ2v) is 6.66. The van der Waals surface area contributed by atoms with E-state index in [1.807, 2.05) is 72.8 Å². The molecule has 1 aromatic heterocycles. The van der Waals surface area contributed by atoms with E-state index in [1.54, 1.807) is 14.2 Å². The van der Waals surface area contributed by atoms with Crippen LogP contribution in [0.1, 0.15) is 0 Å². The van der Waals surface area contributed by atoms with E-state index in [-0.39, 0.29) is 0 Å². The first kappa shape index (κ1) is 18.1. The van der Waals surface area contributed by atoms with E-state index in [2.05, 4.69) is 4.99 Å². The van der Waals surface area contributed by atoms with Crippen molar-refractivity contribution in [2.75, 3.05) is 14.2 Å². The van der Waals surface area contributed by atoms with Crippen LogP contribution >= 0.6 is 11.6 Å². The Labute approximate surface area is 167 Å². The zero-order valence-corrected chi connectivity index (χ0v) is 16.3. The number of methoxy groups -OCH3 is 2. The van der Waals surface area contributed by atoms with Crippen molar-refractivity contribution in [1.29, 1.82) is 0 Å². The van der Waals surface area contributed by atoms with Gasteiger partial charge in [-0.15, -0.1) is 0 Å². The van der Waals surface area contributed by atoms with Crippen LogP contribution in [0.5, 0.6) is 11.5 Å². The second kappa shape index (κ2) is 7.79. The van der Waals surface area contributed by atoms with Crippen LogP contribution in [-0.4, -0.2) is 14.2 Å². The summed E-state index contributed by atoms with van der Waals surface area (Å²) in [4.78, 5) is 3.46. The summed E-state index contributed by atoms with van der Waals surface area (Å²) < 4.78 is 16.9. The lowest BCUT2D eigenvalue weighted by Gasteiger charge is -2.05. The first-order chi connectivity index (χ1) is 13.7. The van der Waals surface area contributed by atoms with Gasteiger partial charge in [-0.05, 0) is 24.3 Å².